The smallest absolute Gasteiger partial charge is 0.267 e. The summed E-state index contributed by atoms with van der Waals surface area (Å²) in [5.41, 5.74) is 2.73. The number of carbonyl (C=O) groups excluding carboxylic acids is 1. The van der Waals surface area contributed by atoms with Gasteiger partial charge in [0.15, 0.2) is 0 Å². The molecule has 0 aliphatic heterocycles. The Hall–Kier alpha value is -2.48. The van der Waals surface area contributed by atoms with Gasteiger partial charge < -0.3 is 0 Å². The number of aromatic nitrogens is 4. The Morgan fingerprint density at radius 3 is 2.91 bits per heavy atom. The molecule has 3 aromatic rings. The molecule has 114 valence electrons. The van der Waals surface area contributed by atoms with E-state index < -0.39 is 5.91 Å². The number of nitrogens with one attached hydrogen (secondary N) is 1. The summed E-state index contributed by atoms with van der Waals surface area (Å²) in [6.45, 7) is 6.07. The zero-order chi connectivity index (χ0) is 15.9. The van der Waals surface area contributed by atoms with E-state index in [1.807, 2.05) is 13.8 Å². The van der Waals surface area contributed by atoms with Crippen LogP contribution in [0, 0.1) is 13.8 Å². The highest BCUT2D eigenvalue weighted by molar-refractivity contribution is 7.18. The Morgan fingerprint density at radius 2 is 2.18 bits per heavy atom. The molecule has 1 N–H and O–H groups in total. The monoisotopic (exact) mass is 317 g/mol. The predicted molar refractivity (Wildman–Crippen MR) is 84.9 cm³/mol. The average Bonchev–Trinajstić information content (AvgIpc) is 3.09. The summed E-state index contributed by atoms with van der Waals surface area (Å²) in [5, 5.41) is 4.56. The molecule has 0 aromatic carbocycles. The van der Waals surface area contributed by atoms with Crippen molar-refractivity contribution in [2.24, 2.45) is 0 Å². The van der Waals surface area contributed by atoms with Gasteiger partial charge in [0.05, 0.1) is 5.39 Å². The molecule has 3 rings (SSSR count). The van der Waals surface area contributed by atoms with Crippen LogP contribution in [0.2, 0.25) is 0 Å². The van der Waals surface area contributed by atoms with Gasteiger partial charge in [0.25, 0.3) is 11.5 Å². The maximum absolute atomic E-state index is 12.5. The molecule has 0 unspecified atom stereocenters. The van der Waals surface area contributed by atoms with Crippen LogP contribution in [0.4, 0.5) is 0 Å². The quantitative estimate of drug-likeness (QED) is 0.797. The molecule has 0 aliphatic rings. The first-order valence-electron chi connectivity index (χ1n) is 6.84. The summed E-state index contributed by atoms with van der Waals surface area (Å²) < 4.78 is 2.75. The van der Waals surface area contributed by atoms with Gasteiger partial charge in [-0.15, -0.1) is 11.3 Å². The largest absolute Gasteiger partial charge is 0.288 e. The molecule has 1 amide bonds. The molecule has 0 radical (unpaired) electrons. The highest BCUT2D eigenvalue weighted by Crippen LogP contribution is 2.20. The standard InChI is InChI=1S/C14H15N5O2S/c1-4-18-11(5-6-15-18)12(20)17-19-9(3)16-13-10(14(19)21)7-8(2)22-13/h5-7H,4H2,1-3H3,(H,17,20). The molecule has 22 heavy (non-hydrogen) atoms. The van der Waals surface area contributed by atoms with Crippen molar-refractivity contribution in [1.82, 2.24) is 19.4 Å². The average molecular weight is 317 g/mol. The van der Waals surface area contributed by atoms with E-state index in [0.717, 1.165) is 4.88 Å². The second-order valence-corrected chi connectivity index (χ2v) is 6.08. The molecule has 7 nitrogen and oxygen atoms in total. The van der Waals surface area contributed by atoms with Crippen molar-refractivity contribution in [2.45, 2.75) is 27.3 Å². The molecule has 0 aliphatic carbocycles. The van der Waals surface area contributed by atoms with Gasteiger partial charge in [-0.3, -0.25) is 19.7 Å². The topological polar surface area (TPSA) is 81.8 Å². The van der Waals surface area contributed by atoms with Crippen LogP contribution in [-0.4, -0.2) is 25.3 Å². The van der Waals surface area contributed by atoms with Crippen LogP contribution >= 0.6 is 11.3 Å². The van der Waals surface area contributed by atoms with E-state index in [2.05, 4.69) is 15.5 Å². The summed E-state index contributed by atoms with van der Waals surface area (Å²) >= 11 is 1.46. The fourth-order valence-electron chi connectivity index (χ4n) is 2.27. The van der Waals surface area contributed by atoms with Crippen LogP contribution < -0.4 is 11.0 Å². The van der Waals surface area contributed by atoms with E-state index in [4.69, 9.17) is 0 Å². The third-order valence-corrected chi connectivity index (χ3v) is 4.26. The summed E-state index contributed by atoms with van der Waals surface area (Å²) in [6.07, 6.45) is 1.55. The van der Waals surface area contributed by atoms with E-state index in [-0.39, 0.29) is 5.56 Å². The van der Waals surface area contributed by atoms with Crippen molar-refractivity contribution in [3.8, 4) is 0 Å². The van der Waals surface area contributed by atoms with Crippen molar-refractivity contribution >= 4 is 27.5 Å². The summed E-state index contributed by atoms with van der Waals surface area (Å²) in [4.78, 5) is 30.9. The molecule has 0 bridgehead atoms. The fraction of sp³-hybridized carbons (Fsp3) is 0.286. The fourth-order valence-corrected chi connectivity index (χ4v) is 3.19. The highest BCUT2D eigenvalue weighted by Gasteiger charge is 2.16. The lowest BCUT2D eigenvalue weighted by atomic mass is 10.3. The van der Waals surface area contributed by atoms with E-state index in [9.17, 15) is 9.59 Å². The number of amides is 1. The zero-order valence-electron chi connectivity index (χ0n) is 12.5. The lowest BCUT2D eigenvalue weighted by Crippen LogP contribution is -2.36. The number of carbonyl (C=O) groups is 1. The first-order chi connectivity index (χ1) is 10.5. The molecular weight excluding hydrogens is 302 g/mol. The van der Waals surface area contributed by atoms with Crippen LogP contribution in [0.15, 0.2) is 23.1 Å². The van der Waals surface area contributed by atoms with Gasteiger partial charge in [-0.25, -0.2) is 9.66 Å². The van der Waals surface area contributed by atoms with Crippen LogP contribution in [0.5, 0.6) is 0 Å². The van der Waals surface area contributed by atoms with Gasteiger partial charge >= 0.3 is 0 Å². The maximum Gasteiger partial charge on any atom is 0.288 e. The maximum atomic E-state index is 12.5. The van der Waals surface area contributed by atoms with Crippen molar-refractivity contribution in [3.05, 3.63) is 45.1 Å². The first kappa shape index (κ1) is 14.5. The van der Waals surface area contributed by atoms with Crippen molar-refractivity contribution in [3.63, 3.8) is 0 Å². The molecule has 0 atom stereocenters. The molecular formula is C14H15N5O2S. The van der Waals surface area contributed by atoms with Crippen LogP contribution in [0.1, 0.15) is 28.1 Å². The normalized spacial score (nSPS) is 11.0. The van der Waals surface area contributed by atoms with Crippen LogP contribution in [-0.2, 0) is 6.54 Å². The van der Waals surface area contributed by atoms with Gasteiger partial charge in [-0.2, -0.15) is 5.10 Å². The Kier molecular flexibility index (Phi) is 3.53. The molecule has 8 heteroatoms. The summed E-state index contributed by atoms with van der Waals surface area (Å²) in [5.74, 6) is 0.0490. The SMILES string of the molecule is CCn1nccc1C(=O)Nn1c(C)nc2sc(C)cc2c1=O. The number of hydrogen-bond acceptors (Lipinski definition) is 5. The Bertz CT molecular complexity index is 921. The Labute approximate surface area is 130 Å². The minimum atomic E-state index is -0.391. The van der Waals surface area contributed by atoms with E-state index in [0.29, 0.717) is 28.3 Å². The minimum absolute atomic E-state index is 0.275. The third-order valence-electron chi connectivity index (χ3n) is 3.32. The Balaban J connectivity index is 2.04. The number of thiophene rings is 1. The van der Waals surface area contributed by atoms with Gasteiger partial charge in [0.1, 0.15) is 16.3 Å². The number of hydrogen-bond donors (Lipinski definition) is 1. The van der Waals surface area contributed by atoms with E-state index >= 15 is 0 Å². The van der Waals surface area contributed by atoms with Gasteiger partial charge in [0, 0.05) is 17.6 Å². The van der Waals surface area contributed by atoms with Crippen LogP contribution in [0.25, 0.3) is 10.2 Å². The minimum Gasteiger partial charge on any atom is -0.267 e. The lowest BCUT2D eigenvalue weighted by Gasteiger charge is -2.11. The first-order valence-corrected chi connectivity index (χ1v) is 7.66. The molecule has 0 saturated heterocycles. The molecule has 3 heterocycles. The number of aryl methyl sites for hydroxylation is 3. The molecule has 3 aromatic heterocycles. The van der Waals surface area contributed by atoms with Gasteiger partial charge in [-0.05, 0) is 32.9 Å². The van der Waals surface area contributed by atoms with Crippen molar-refractivity contribution in [1.29, 1.82) is 0 Å². The van der Waals surface area contributed by atoms with E-state index in [1.54, 1.807) is 29.9 Å². The summed E-state index contributed by atoms with van der Waals surface area (Å²) in [7, 11) is 0. The molecule has 0 saturated carbocycles. The molecule has 0 fully saturated rings. The number of nitrogens with zero attached hydrogens (tertiary/aromatic N) is 4. The second-order valence-electron chi connectivity index (χ2n) is 4.85. The van der Waals surface area contributed by atoms with Crippen LogP contribution in [0.3, 0.4) is 0 Å². The van der Waals surface area contributed by atoms with Crippen molar-refractivity contribution < 1.29 is 4.79 Å². The lowest BCUT2D eigenvalue weighted by molar-refractivity contribution is 0.0996. The van der Waals surface area contributed by atoms with Crippen molar-refractivity contribution in [2.75, 3.05) is 5.43 Å². The molecule has 0 spiro atoms. The second kappa shape index (κ2) is 5.38. The van der Waals surface area contributed by atoms with Gasteiger partial charge in [0.2, 0.25) is 0 Å². The van der Waals surface area contributed by atoms with E-state index in [1.165, 1.54) is 16.0 Å². The summed E-state index contributed by atoms with van der Waals surface area (Å²) in [6, 6.07) is 3.40. The van der Waals surface area contributed by atoms with Gasteiger partial charge in [-0.1, -0.05) is 0 Å². The zero-order valence-corrected chi connectivity index (χ0v) is 13.3. The Morgan fingerprint density at radius 1 is 1.41 bits per heavy atom. The number of fused-ring (bicyclic) bond motifs is 1. The predicted octanol–water partition coefficient (Wildman–Crippen LogP) is 1.68. The highest BCUT2D eigenvalue weighted by atomic mass is 32.1. The third kappa shape index (κ3) is 2.31. The number of rotatable bonds is 3.